The Morgan fingerprint density at radius 1 is 1.07 bits per heavy atom. The van der Waals surface area contributed by atoms with Gasteiger partial charge < -0.3 is 9.80 Å². The zero-order chi connectivity index (χ0) is 20.4. The summed E-state index contributed by atoms with van der Waals surface area (Å²) >= 11 is 0. The molecule has 0 N–H and O–H groups in total. The van der Waals surface area contributed by atoms with Gasteiger partial charge in [0.15, 0.2) is 0 Å². The first-order chi connectivity index (χ1) is 13.9. The second kappa shape index (κ2) is 7.93. The number of amides is 2. The van der Waals surface area contributed by atoms with Crippen LogP contribution in [0, 0.1) is 19.3 Å². The molecule has 0 bridgehead atoms. The minimum atomic E-state index is -0.0232. The molecule has 0 aliphatic carbocycles. The van der Waals surface area contributed by atoms with Gasteiger partial charge in [-0.25, -0.2) is 0 Å². The van der Waals surface area contributed by atoms with Gasteiger partial charge in [0.2, 0.25) is 5.91 Å². The predicted molar refractivity (Wildman–Crippen MR) is 110 cm³/mol. The van der Waals surface area contributed by atoms with Gasteiger partial charge in [0.25, 0.3) is 5.91 Å². The fourth-order valence-corrected chi connectivity index (χ4v) is 4.54. The number of likely N-dealkylation sites (tertiary alicyclic amines) is 2. The van der Waals surface area contributed by atoms with Crippen LogP contribution in [0.5, 0.6) is 0 Å². The van der Waals surface area contributed by atoms with Gasteiger partial charge in [0.1, 0.15) is 0 Å². The van der Waals surface area contributed by atoms with Crippen molar-refractivity contribution in [3.8, 4) is 0 Å². The Bertz CT molecular complexity index is 888. The molecule has 2 aliphatic rings. The van der Waals surface area contributed by atoms with Crippen molar-refractivity contribution in [1.29, 1.82) is 0 Å². The summed E-state index contributed by atoms with van der Waals surface area (Å²) in [5.41, 5.74) is 3.55. The standard InChI is InChI=1S/C23H28N4O2/c1-17-4-6-19(7-5-17)22(29)26-11-3-9-23(15-26)10-8-21(28)27(16-23)14-20-13-24-18(2)12-25-20/h4-7,12-13H,3,8-11,14-16H2,1-2H3. The van der Waals surface area contributed by atoms with Crippen molar-refractivity contribution in [2.45, 2.75) is 46.1 Å². The minimum Gasteiger partial charge on any atom is -0.338 e. The monoisotopic (exact) mass is 392 g/mol. The average molecular weight is 393 g/mol. The predicted octanol–water partition coefficient (Wildman–Crippen LogP) is 3.14. The molecule has 2 aromatic rings. The van der Waals surface area contributed by atoms with E-state index < -0.39 is 0 Å². The highest BCUT2D eigenvalue weighted by Gasteiger charge is 2.42. The maximum absolute atomic E-state index is 13.0. The molecule has 0 saturated carbocycles. The van der Waals surface area contributed by atoms with Gasteiger partial charge in [-0.3, -0.25) is 19.6 Å². The molecule has 2 saturated heterocycles. The number of benzene rings is 1. The van der Waals surface area contributed by atoms with Crippen LogP contribution in [-0.2, 0) is 11.3 Å². The molecule has 6 nitrogen and oxygen atoms in total. The Morgan fingerprint density at radius 2 is 1.86 bits per heavy atom. The average Bonchev–Trinajstić information content (AvgIpc) is 2.73. The third-order valence-corrected chi connectivity index (χ3v) is 6.18. The second-order valence-corrected chi connectivity index (χ2v) is 8.60. The molecule has 29 heavy (non-hydrogen) atoms. The molecule has 1 spiro atoms. The molecule has 1 unspecified atom stereocenters. The van der Waals surface area contributed by atoms with Crippen LogP contribution >= 0.6 is 0 Å². The van der Waals surface area contributed by atoms with E-state index in [0.29, 0.717) is 26.1 Å². The lowest BCUT2D eigenvalue weighted by Gasteiger charge is -2.48. The first-order valence-corrected chi connectivity index (χ1v) is 10.4. The number of carbonyl (C=O) groups is 2. The molecular formula is C23H28N4O2. The Kier molecular flexibility index (Phi) is 5.35. The Morgan fingerprint density at radius 3 is 2.59 bits per heavy atom. The molecule has 2 fully saturated rings. The van der Waals surface area contributed by atoms with Gasteiger partial charge in [0, 0.05) is 43.2 Å². The van der Waals surface area contributed by atoms with Gasteiger partial charge >= 0.3 is 0 Å². The van der Waals surface area contributed by atoms with Crippen molar-refractivity contribution in [3.63, 3.8) is 0 Å². The quantitative estimate of drug-likeness (QED) is 0.805. The number of hydrogen-bond donors (Lipinski definition) is 0. The summed E-state index contributed by atoms with van der Waals surface area (Å²) in [5.74, 6) is 0.261. The van der Waals surface area contributed by atoms with Crippen LogP contribution in [-0.4, -0.2) is 51.2 Å². The summed E-state index contributed by atoms with van der Waals surface area (Å²) in [6.45, 7) is 6.59. The van der Waals surface area contributed by atoms with Crippen molar-refractivity contribution >= 4 is 11.8 Å². The fourth-order valence-electron chi connectivity index (χ4n) is 4.54. The summed E-state index contributed by atoms with van der Waals surface area (Å²) in [4.78, 5) is 38.2. The van der Waals surface area contributed by atoms with Gasteiger partial charge in [-0.05, 0) is 45.2 Å². The normalized spacial score (nSPS) is 22.2. The van der Waals surface area contributed by atoms with E-state index >= 15 is 0 Å². The van der Waals surface area contributed by atoms with Crippen LogP contribution in [0.15, 0.2) is 36.7 Å². The molecule has 0 radical (unpaired) electrons. The van der Waals surface area contributed by atoms with E-state index in [1.165, 1.54) is 0 Å². The van der Waals surface area contributed by atoms with Crippen molar-refractivity contribution in [2.75, 3.05) is 19.6 Å². The van der Waals surface area contributed by atoms with Crippen molar-refractivity contribution < 1.29 is 9.59 Å². The third-order valence-electron chi connectivity index (χ3n) is 6.18. The topological polar surface area (TPSA) is 66.4 Å². The van der Waals surface area contributed by atoms with Gasteiger partial charge in [0.05, 0.1) is 24.1 Å². The maximum Gasteiger partial charge on any atom is 0.253 e. The molecule has 152 valence electrons. The highest BCUT2D eigenvalue weighted by molar-refractivity contribution is 5.94. The Hall–Kier alpha value is -2.76. The van der Waals surface area contributed by atoms with E-state index in [2.05, 4.69) is 9.97 Å². The summed E-state index contributed by atoms with van der Waals surface area (Å²) in [7, 11) is 0. The van der Waals surface area contributed by atoms with Crippen LogP contribution in [0.2, 0.25) is 0 Å². The van der Waals surface area contributed by atoms with E-state index in [0.717, 1.165) is 48.3 Å². The molecule has 1 aromatic heterocycles. The van der Waals surface area contributed by atoms with Crippen molar-refractivity contribution in [1.82, 2.24) is 19.8 Å². The van der Waals surface area contributed by atoms with Crippen molar-refractivity contribution in [3.05, 3.63) is 59.2 Å². The van der Waals surface area contributed by atoms with Crippen LogP contribution in [0.4, 0.5) is 0 Å². The van der Waals surface area contributed by atoms with E-state index in [4.69, 9.17) is 0 Å². The van der Waals surface area contributed by atoms with Crippen LogP contribution in [0.1, 0.15) is 53.0 Å². The Balaban J connectivity index is 1.47. The van der Waals surface area contributed by atoms with E-state index in [1.807, 2.05) is 47.9 Å². The van der Waals surface area contributed by atoms with Crippen LogP contribution in [0.25, 0.3) is 0 Å². The molecule has 2 amide bonds. The summed E-state index contributed by atoms with van der Waals surface area (Å²) < 4.78 is 0. The zero-order valence-corrected chi connectivity index (χ0v) is 17.2. The maximum atomic E-state index is 13.0. The SMILES string of the molecule is Cc1ccc(C(=O)N2CCCC3(CCC(=O)N(Cc4cnc(C)cn4)C3)C2)cc1. The minimum absolute atomic E-state index is 0.0232. The highest BCUT2D eigenvalue weighted by atomic mass is 16.2. The number of piperidine rings is 2. The summed E-state index contributed by atoms with van der Waals surface area (Å²) in [6.07, 6.45) is 6.89. The first-order valence-electron chi connectivity index (χ1n) is 10.4. The number of carbonyl (C=O) groups excluding carboxylic acids is 2. The highest BCUT2D eigenvalue weighted by Crippen LogP contribution is 2.39. The molecule has 4 rings (SSSR count). The van der Waals surface area contributed by atoms with E-state index in [1.54, 1.807) is 12.4 Å². The zero-order valence-electron chi connectivity index (χ0n) is 17.2. The van der Waals surface area contributed by atoms with Crippen LogP contribution in [0.3, 0.4) is 0 Å². The Labute approximate surface area is 172 Å². The van der Waals surface area contributed by atoms with E-state index in [9.17, 15) is 9.59 Å². The lowest BCUT2D eigenvalue weighted by Crippen LogP contribution is -2.54. The molecule has 3 heterocycles. The molecule has 2 aliphatic heterocycles. The number of rotatable bonds is 3. The molecule has 1 aromatic carbocycles. The molecule has 1 atom stereocenters. The first kappa shape index (κ1) is 19.6. The number of aromatic nitrogens is 2. The van der Waals surface area contributed by atoms with E-state index in [-0.39, 0.29) is 17.2 Å². The third kappa shape index (κ3) is 4.31. The summed E-state index contributed by atoms with van der Waals surface area (Å²) in [5, 5.41) is 0. The fraction of sp³-hybridized carbons (Fsp3) is 0.478. The van der Waals surface area contributed by atoms with Crippen LogP contribution < -0.4 is 0 Å². The van der Waals surface area contributed by atoms with Gasteiger partial charge in [-0.2, -0.15) is 0 Å². The van der Waals surface area contributed by atoms with Gasteiger partial charge in [-0.1, -0.05) is 17.7 Å². The smallest absolute Gasteiger partial charge is 0.253 e. The lowest BCUT2D eigenvalue weighted by molar-refractivity contribution is -0.139. The lowest BCUT2D eigenvalue weighted by atomic mass is 9.73. The molecule has 6 heteroatoms. The summed E-state index contributed by atoms with van der Waals surface area (Å²) in [6, 6.07) is 7.78. The van der Waals surface area contributed by atoms with Gasteiger partial charge in [-0.15, -0.1) is 0 Å². The number of aryl methyl sites for hydroxylation is 2. The van der Waals surface area contributed by atoms with Crippen molar-refractivity contribution in [2.24, 2.45) is 5.41 Å². The number of nitrogens with zero attached hydrogens (tertiary/aromatic N) is 4. The number of hydrogen-bond acceptors (Lipinski definition) is 4. The molecular weight excluding hydrogens is 364 g/mol. The second-order valence-electron chi connectivity index (χ2n) is 8.60. The largest absolute Gasteiger partial charge is 0.338 e.